The van der Waals surface area contributed by atoms with E-state index in [0.29, 0.717) is 15.9 Å². The van der Waals surface area contributed by atoms with Crippen molar-refractivity contribution in [3.8, 4) is 17.1 Å². The van der Waals surface area contributed by atoms with Crippen molar-refractivity contribution in [2.24, 2.45) is 0 Å². The molecule has 0 aromatic carbocycles. The largest absolute Gasteiger partial charge is 0.479 e. The summed E-state index contributed by atoms with van der Waals surface area (Å²) >= 11 is 5.04. The number of nitrogens with one attached hydrogen (secondary N) is 1. The molecule has 0 aliphatic heterocycles. The summed E-state index contributed by atoms with van der Waals surface area (Å²) in [5.74, 6) is -0.562. The first-order valence-electron chi connectivity index (χ1n) is 4.88. The van der Waals surface area contributed by atoms with Crippen LogP contribution in [0.25, 0.3) is 11.3 Å². The van der Waals surface area contributed by atoms with Crippen molar-refractivity contribution in [2.75, 3.05) is 7.11 Å². The highest BCUT2D eigenvalue weighted by Gasteiger charge is 2.14. The fourth-order valence-electron chi connectivity index (χ4n) is 1.51. The van der Waals surface area contributed by atoms with E-state index in [1.165, 1.54) is 19.6 Å². The van der Waals surface area contributed by atoms with Crippen LogP contribution in [0.3, 0.4) is 0 Å². The Morgan fingerprint density at radius 1 is 1.41 bits per heavy atom. The zero-order chi connectivity index (χ0) is 12.4. The SMILES string of the molecule is COc1nccc(-c2[nH]cnc(=S)c2C)c1F. The Bertz CT molecular complexity index is 612. The zero-order valence-electron chi connectivity index (χ0n) is 9.32. The zero-order valence-corrected chi connectivity index (χ0v) is 10.1. The van der Waals surface area contributed by atoms with E-state index in [2.05, 4.69) is 15.0 Å². The molecule has 2 heterocycles. The summed E-state index contributed by atoms with van der Waals surface area (Å²) < 4.78 is 19.3. The Morgan fingerprint density at radius 3 is 2.88 bits per heavy atom. The number of rotatable bonds is 2. The predicted octanol–water partition coefficient (Wildman–Crippen LogP) is 2.66. The van der Waals surface area contributed by atoms with Crippen LogP contribution in [-0.2, 0) is 0 Å². The van der Waals surface area contributed by atoms with Gasteiger partial charge < -0.3 is 9.72 Å². The van der Waals surface area contributed by atoms with E-state index in [1.54, 1.807) is 13.0 Å². The lowest BCUT2D eigenvalue weighted by atomic mass is 10.1. The van der Waals surface area contributed by atoms with Crippen molar-refractivity contribution >= 4 is 12.2 Å². The molecule has 0 spiro atoms. The molecule has 0 aliphatic carbocycles. The van der Waals surface area contributed by atoms with E-state index in [4.69, 9.17) is 17.0 Å². The van der Waals surface area contributed by atoms with Crippen LogP contribution in [0.5, 0.6) is 5.88 Å². The second kappa shape index (κ2) is 4.58. The normalized spacial score (nSPS) is 10.3. The van der Waals surface area contributed by atoms with E-state index in [1.807, 2.05) is 0 Å². The molecule has 2 aromatic heterocycles. The molecule has 0 amide bonds. The van der Waals surface area contributed by atoms with Gasteiger partial charge in [-0.05, 0) is 13.0 Å². The lowest BCUT2D eigenvalue weighted by Gasteiger charge is -2.08. The highest BCUT2D eigenvalue weighted by Crippen LogP contribution is 2.27. The van der Waals surface area contributed by atoms with Gasteiger partial charge in [0, 0.05) is 17.3 Å². The Balaban J connectivity index is 2.69. The molecule has 0 aliphatic rings. The molecule has 2 rings (SSSR count). The van der Waals surface area contributed by atoms with Crippen molar-refractivity contribution < 1.29 is 9.13 Å². The first-order valence-corrected chi connectivity index (χ1v) is 5.29. The fourth-order valence-corrected chi connectivity index (χ4v) is 1.66. The summed E-state index contributed by atoms with van der Waals surface area (Å²) in [5, 5.41) is 0. The lowest BCUT2D eigenvalue weighted by molar-refractivity contribution is 0.370. The van der Waals surface area contributed by atoms with Crippen molar-refractivity contribution in [3.63, 3.8) is 0 Å². The molecule has 0 saturated carbocycles. The van der Waals surface area contributed by atoms with E-state index in [9.17, 15) is 4.39 Å². The van der Waals surface area contributed by atoms with E-state index in [0.717, 1.165) is 5.56 Å². The monoisotopic (exact) mass is 251 g/mol. The Hall–Kier alpha value is -1.82. The minimum atomic E-state index is -0.519. The number of aromatic amines is 1. The van der Waals surface area contributed by atoms with Gasteiger partial charge in [-0.3, -0.25) is 0 Å². The first kappa shape index (κ1) is 11.7. The number of ether oxygens (including phenoxy) is 1. The van der Waals surface area contributed by atoms with Crippen LogP contribution < -0.4 is 4.74 Å². The van der Waals surface area contributed by atoms with E-state index < -0.39 is 5.82 Å². The maximum absolute atomic E-state index is 14.0. The third kappa shape index (κ3) is 2.03. The van der Waals surface area contributed by atoms with Crippen LogP contribution in [0.4, 0.5) is 4.39 Å². The summed E-state index contributed by atoms with van der Waals surface area (Å²) in [4.78, 5) is 10.6. The van der Waals surface area contributed by atoms with Crippen LogP contribution in [0.2, 0.25) is 0 Å². The maximum atomic E-state index is 14.0. The molecule has 0 bridgehead atoms. The third-order valence-electron chi connectivity index (χ3n) is 2.41. The molecule has 1 N–H and O–H groups in total. The van der Waals surface area contributed by atoms with Gasteiger partial charge in [0.05, 0.1) is 19.1 Å². The fraction of sp³-hybridized carbons (Fsp3) is 0.182. The maximum Gasteiger partial charge on any atom is 0.250 e. The van der Waals surface area contributed by atoms with Crippen molar-refractivity contribution in [2.45, 2.75) is 6.92 Å². The number of pyridine rings is 1. The summed E-state index contributed by atoms with van der Waals surface area (Å²) in [5.41, 5.74) is 1.67. The Labute approximate surface area is 103 Å². The Kier molecular flexibility index (Phi) is 3.14. The van der Waals surface area contributed by atoms with Crippen molar-refractivity contribution in [1.29, 1.82) is 0 Å². The minimum Gasteiger partial charge on any atom is -0.479 e. The lowest BCUT2D eigenvalue weighted by Crippen LogP contribution is -1.98. The van der Waals surface area contributed by atoms with Crippen molar-refractivity contribution in [3.05, 3.63) is 34.6 Å². The molecule has 0 radical (unpaired) electrons. The number of aromatic nitrogens is 3. The van der Waals surface area contributed by atoms with E-state index in [-0.39, 0.29) is 5.88 Å². The number of nitrogens with zero attached hydrogens (tertiary/aromatic N) is 2. The quantitative estimate of drug-likeness (QED) is 0.834. The van der Waals surface area contributed by atoms with Crippen LogP contribution in [-0.4, -0.2) is 22.1 Å². The molecule has 0 saturated heterocycles. The minimum absolute atomic E-state index is 0.0435. The first-order chi connectivity index (χ1) is 8.15. The average molecular weight is 251 g/mol. The van der Waals surface area contributed by atoms with Gasteiger partial charge in [0.25, 0.3) is 5.88 Å². The molecular weight excluding hydrogens is 241 g/mol. The third-order valence-corrected chi connectivity index (χ3v) is 2.82. The van der Waals surface area contributed by atoms with Crippen LogP contribution in [0.15, 0.2) is 18.6 Å². The van der Waals surface area contributed by atoms with Gasteiger partial charge in [0.15, 0.2) is 5.82 Å². The molecule has 0 unspecified atom stereocenters. The number of H-pyrrole nitrogens is 1. The number of hydrogen-bond acceptors (Lipinski definition) is 4. The molecule has 88 valence electrons. The van der Waals surface area contributed by atoms with Crippen LogP contribution in [0, 0.1) is 17.4 Å². The van der Waals surface area contributed by atoms with Gasteiger partial charge >= 0.3 is 0 Å². The van der Waals surface area contributed by atoms with Crippen molar-refractivity contribution in [1.82, 2.24) is 15.0 Å². The van der Waals surface area contributed by atoms with Gasteiger partial charge in [-0.1, -0.05) is 12.2 Å². The van der Waals surface area contributed by atoms with Gasteiger partial charge in [-0.15, -0.1) is 0 Å². The summed E-state index contributed by atoms with van der Waals surface area (Å²) in [6, 6.07) is 1.56. The highest BCUT2D eigenvalue weighted by atomic mass is 32.1. The molecule has 0 fully saturated rings. The molecule has 0 atom stereocenters. The average Bonchev–Trinajstić information content (AvgIpc) is 2.33. The molecule has 6 heteroatoms. The summed E-state index contributed by atoms with van der Waals surface area (Å²) in [6.07, 6.45) is 2.92. The summed E-state index contributed by atoms with van der Waals surface area (Å²) in [7, 11) is 1.37. The standard InChI is InChI=1S/C11H10FN3OS/c1-6-9(14-5-15-11(6)17)7-3-4-13-10(16-2)8(7)12/h3-5H,1-2H3,(H,14,15,17). The molecule has 17 heavy (non-hydrogen) atoms. The molecule has 2 aromatic rings. The Morgan fingerprint density at radius 2 is 2.18 bits per heavy atom. The number of hydrogen-bond donors (Lipinski definition) is 1. The smallest absolute Gasteiger partial charge is 0.250 e. The number of methoxy groups -OCH3 is 1. The summed E-state index contributed by atoms with van der Waals surface area (Å²) in [6.45, 7) is 1.79. The second-order valence-electron chi connectivity index (χ2n) is 3.39. The molecule has 4 nitrogen and oxygen atoms in total. The topological polar surface area (TPSA) is 50.8 Å². The second-order valence-corrected chi connectivity index (χ2v) is 3.78. The number of halogens is 1. The van der Waals surface area contributed by atoms with Gasteiger partial charge in [-0.2, -0.15) is 0 Å². The molecular formula is C11H10FN3OS. The van der Waals surface area contributed by atoms with Gasteiger partial charge in [0.2, 0.25) is 0 Å². The van der Waals surface area contributed by atoms with Crippen LogP contribution >= 0.6 is 12.2 Å². The van der Waals surface area contributed by atoms with E-state index >= 15 is 0 Å². The van der Waals surface area contributed by atoms with Gasteiger partial charge in [0.1, 0.15) is 4.64 Å². The highest BCUT2D eigenvalue weighted by molar-refractivity contribution is 7.71. The predicted molar refractivity (Wildman–Crippen MR) is 63.9 cm³/mol. The van der Waals surface area contributed by atoms with Gasteiger partial charge in [-0.25, -0.2) is 14.4 Å². The van der Waals surface area contributed by atoms with Crippen LogP contribution in [0.1, 0.15) is 5.56 Å².